The summed E-state index contributed by atoms with van der Waals surface area (Å²) in [6.45, 7) is 7.20. The molecule has 0 spiro atoms. The summed E-state index contributed by atoms with van der Waals surface area (Å²) in [4.78, 5) is 19.7. The summed E-state index contributed by atoms with van der Waals surface area (Å²) in [5.74, 6) is -2.92. The first-order chi connectivity index (χ1) is 14.1. The molecule has 0 saturated carbocycles. The summed E-state index contributed by atoms with van der Waals surface area (Å²) >= 11 is 0. The Labute approximate surface area is 175 Å². The van der Waals surface area contributed by atoms with Gasteiger partial charge in [0.15, 0.2) is 0 Å². The number of hydrogen-bond acceptors (Lipinski definition) is 6. The number of ether oxygens (including phenoxy) is 2. The number of carbonyl (C=O) groups is 1. The van der Waals surface area contributed by atoms with E-state index in [0.717, 1.165) is 0 Å². The van der Waals surface area contributed by atoms with E-state index in [1.807, 2.05) is 25.7 Å². The van der Waals surface area contributed by atoms with Gasteiger partial charge in [-0.1, -0.05) is 30.3 Å². The minimum Gasteiger partial charge on any atom is -0.444 e. The van der Waals surface area contributed by atoms with Crippen LogP contribution in [0.2, 0.25) is 0 Å². The molecule has 0 radical (unpaired) electrons. The van der Waals surface area contributed by atoms with Gasteiger partial charge in [-0.3, -0.25) is 0 Å². The van der Waals surface area contributed by atoms with Crippen molar-refractivity contribution in [1.29, 1.82) is 0 Å². The highest BCUT2D eigenvalue weighted by Gasteiger charge is 2.56. The summed E-state index contributed by atoms with van der Waals surface area (Å²) in [7, 11) is 1.22. The van der Waals surface area contributed by atoms with E-state index in [9.17, 15) is 4.79 Å². The maximum atomic E-state index is 15.4. The van der Waals surface area contributed by atoms with E-state index >= 15 is 8.78 Å². The van der Waals surface area contributed by atoms with Crippen LogP contribution in [0.1, 0.15) is 26.3 Å². The summed E-state index contributed by atoms with van der Waals surface area (Å²) in [6.07, 6.45) is 2.16. The van der Waals surface area contributed by atoms with Gasteiger partial charge in [0.2, 0.25) is 0 Å². The predicted octanol–water partition coefficient (Wildman–Crippen LogP) is 3.15. The van der Waals surface area contributed by atoms with Crippen LogP contribution in [0.5, 0.6) is 0 Å². The van der Waals surface area contributed by atoms with Crippen LogP contribution in [-0.2, 0) is 15.4 Å². The molecule has 2 aliphatic heterocycles. The van der Waals surface area contributed by atoms with E-state index in [0.29, 0.717) is 32.0 Å². The van der Waals surface area contributed by atoms with Gasteiger partial charge >= 0.3 is 12.0 Å². The lowest BCUT2D eigenvalue weighted by Crippen LogP contribution is -2.54. The largest absolute Gasteiger partial charge is 0.444 e. The summed E-state index contributed by atoms with van der Waals surface area (Å²) in [5, 5.41) is 2.93. The quantitative estimate of drug-likeness (QED) is 0.808. The van der Waals surface area contributed by atoms with E-state index in [1.165, 1.54) is 31.7 Å². The number of methoxy groups -OCH3 is 1. The third kappa shape index (κ3) is 4.40. The highest BCUT2D eigenvalue weighted by atomic mass is 19.3. The molecule has 1 aromatic carbocycles. The highest BCUT2D eigenvalue weighted by Crippen LogP contribution is 2.44. The number of rotatable bonds is 4. The minimum absolute atomic E-state index is 0.184. The highest BCUT2D eigenvalue weighted by molar-refractivity contribution is 5.68. The molecular formula is C21H28F2N4O3. The standard InChI is InChI=1S/C21H28F2N4O3/c1-19(2,3)30-18(28)27-12-10-26(11-13-27)17-14-20(29-4,25-15-24-17)21(22,23)16-8-6-5-7-9-16/h5-9,14-15H,10-13H2,1-4H3,(H,24,25). The van der Waals surface area contributed by atoms with Crippen LogP contribution in [-0.4, -0.2) is 66.8 Å². The van der Waals surface area contributed by atoms with Crippen molar-refractivity contribution in [3.8, 4) is 0 Å². The zero-order valence-corrected chi connectivity index (χ0v) is 17.7. The molecular weight excluding hydrogens is 394 g/mol. The molecule has 30 heavy (non-hydrogen) atoms. The molecule has 1 unspecified atom stereocenters. The molecule has 1 atom stereocenters. The van der Waals surface area contributed by atoms with Gasteiger partial charge in [-0.25, -0.2) is 9.79 Å². The van der Waals surface area contributed by atoms with E-state index in [2.05, 4.69) is 10.3 Å². The second-order valence-corrected chi connectivity index (χ2v) is 8.23. The van der Waals surface area contributed by atoms with Crippen LogP contribution in [0, 0.1) is 0 Å². The first-order valence-electron chi connectivity index (χ1n) is 9.82. The molecule has 0 aromatic heterocycles. The zero-order chi connectivity index (χ0) is 22.0. The van der Waals surface area contributed by atoms with Crippen molar-refractivity contribution in [2.24, 2.45) is 4.99 Å². The second-order valence-electron chi connectivity index (χ2n) is 8.23. The van der Waals surface area contributed by atoms with Gasteiger partial charge in [0.05, 0.1) is 6.34 Å². The monoisotopic (exact) mass is 422 g/mol. The first kappa shape index (κ1) is 22.0. The van der Waals surface area contributed by atoms with Crippen molar-refractivity contribution in [2.75, 3.05) is 33.3 Å². The number of alkyl halides is 2. The minimum atomic E-state index is -3.38. The molecule has 164 valence electrons. The van der Waals surface area contributed by atoms with Crippen LogP contribution < -0.4 is 5.32 Å². The molecule has 9 heteroatoms. The molecule has 1 amide bonds. The Morgan fingerprint density at radius 3 is 2.33 bits per heavy atom. The summed E-state index contributed by atoms with van der Waals surface area (Å²) < 4.78 is 41.4. The number of piperazine rings is 1. The lowest BCUT2D eigenvalue weighted by Gasteiger charge is -2.41. The van der Waals surface area contributed by atoms with E-state index in [-0.39, 0.29) is 11.7 Å². The van der Waals surface area contributed by atoms with Crippen molar-refractivity contribution in [3.63, 3.8) is 0 Å². The number of benzene rings is 1. The van der Waals surface area contributed by atoms with Gasteiger partial charge in [-0.15, -0.1) is 0 Å². The fourth-order valence-electron chi connectivity index (χ4n) is 3.36. The summed E-state index contributed by atoms with van der Waals surface area (Å²) in [5.41, 5.74) is -2.92. The maximum absolute atomic E-state index is 15.4. The van der Waals surface area contributed by atoms with Crippen LogP contribution in [0.25, 0.3) is 0 Å². The number of carbonyl (C=O) groups excluding carboxylic acids is 1. The second kappa shape index (κ2) is 8.22. The van der Waals surface area contributed by atoms with Gasteiger partial charge in [0, 0.05) is 44.9 Å². The van der Waals surface area contributed by atoms with E-state index in [1.54, 1.807) is 23.1 Å². The van der Waals surface area contributed by atoms with Gasteiger partial charge in [-0.05, 0) is 20.8 Å². The third-order valence-corrected chi connectivity index (χ3v) is 4.97. The first-order valence-corrected chi connectivity index (χ1v) is 9.82. The zero-order valence-electron chi connectivity index (χ0n) is 17.7. The average molecular weight is 422 g/mol. The normalized spacial score (nSPS) is 22.4. The van der Waals surface area contributed by atoms with Crippen molar-refractivity contribution >= 4 is 12.4 Å². The number of nitrogens with zero attached hydrogens (tertiary/aromatic N) is 3. The molecule has 0 aliphatic carbocycles. The number of halogens is 2. The maximum Gasteiger partial charge on any atom is 0.410 e. The Balaban J connectivity index is 1.76. The lowest BCUT2D eigenvalue weighted by atomic mass is 9.96. The Morgan fingerprint density at radius 2 is 1.77 bits per heavy atom. The Morgan fingerprint density at radius 1 is 1.13 bits per heavy atom. The van der Waals surface area contributed by atoms with Gasteiger partial charge < -0.3 is 24.6 Å². The van der Waals surface area contributed by atoms with Crippen LogP contribution in [0.4, 0.5) is 13.6 Å². The van der Waals surface area contributed by atoms with Crippen molar-refractivity contribution in [2.45, 2.75) is 38.0 Å². The number of amides is 1. The molecule has 7 nitrogen and oxygen atoms in total. The molecule has 1 saturated heterocycles. The molecule has 1 aromatic rings. The molecule has 0 bridgehead atoms. The molecule has 2 aliphatic rings. The Hall–Kier alpha value is -2.68. The smallest absolute Gasteiger partial charge is 0.410 e. The number of hydrogen-bond donors (Lipinski definition) is 1. The van der Waals surface area contributed by atoms with Crippen LogP contribution in [0.15, 0.2) is 47.2 Å². The van der Waals surface area contributed by atoms with Crippen molar-refractivity contribution in [1.82, 2.24) is 15.1 Å². The number of aliphatic imine (C=N–C) groups is 1. The Kier molecular flexibility index (Phi) is 6.03. The molecule has 3 rings (SSSR count). The summed E-state index contributed by atoms with van der Waals surface area (Å²) in [6, 6.07) is 7.49. The fourth-order valence-corrected chi connectivity index (χ4v) is 3.36. The van der Waals surface area contributed by atoms with Gasteiger partial charge in [0.25, 0.3) is 5.72 Å². The lowest BCUT2D eigenvalue weighted by molar-refractivity contribution is -0.174. The third-order valence-electron chi connectivity index (χ3n) is 4.97. The van der Waals surface area contributed by atoms with E-state index in [4.69, 9.17) is 9.47 Å². The van der Waals surface area contributed by atoms with Crippen LogP contribution >= 0.6 is 0 Å². The van der Waals surface area contributed by atoms with E-state index < -0.39 is 17.2 Å². The Bertz CT molecular complexity index is 815. The van der Waals surface area contributed by atoms with Gasteiger partial charge in [-0.2, -0.15) is 8.78 Å². The SMILES string of the molecule is COC1(C(F)(F)c2ccccc2)C=C(N2CCN(C(=O)OC(C)(C)C)CC2)NC=N1. The predicted molar refractivity (Wildman–Crippen MR) is 109 cm³/mol. The number of nitrogens with one attached hydrogen (secondary N) is 1. The van der Waals surface area contributed by atoms with Gasteiger partial charge in [0.1, 0.15) is 11.4 Å². The van der Waals surface area contributed by atoms with Crippen LogP contribution in [0.3, 0.4) is 0 Å². The fraction of sp³-hybridized carbons (Fsp3) is 0.524. The van der Waals surface area contributed by atoms with Crippen molar-refractivity contribution in [3.05, 3.63) is 47.8 Å². The molecule has 1 N–H and O–H groups in total. The molecule has 2 heterocycles. The van der Waals surface area contributed by atoms with Crippen molar-refractivity contribution < 1.29 is 23.0 Å². The molecule has 1 fully saturated rings. The average Bonchev–Trinajstić information content (AvgIpc) is 2.73. The topological polar surface area (TPSA) is 66.4 Å².